The van der Waals surface area contributed by atoms with Crippen molar-refractivity contribution in [2.75, 3.05) is 28.8 Å². The predicted octanol–water partition coefficient (Wildman–Crippen LogP) is 31.8. The number of pyridine rings is 1. The Bertz CT molecular complexity index is 4890. The first-order valence-electron chi connectivity index (χ1n) is 44.9. The van der Waals surface area contributed by atoms with E-state index in [9.17, 15) is 0 Å². The Morgan fingerprint density at radius 3 is 1.24 bits per heavy atom. The molecular formula is C109H160N8+2. The summed E-state index contributed by atoms with van der Waals surface area (Å²) in [6.45, 7) is 69.6. The van der Waals surface area contributed by atoms with Gasteiger partial charge >= 0.3 is 0 Å². The first-order valence-corrected chi connectivity index (χ1v) is 44.9. The van der Waals surface area contributed by atoms with Crippen LogP contribution in [0, 0.1) is 41.5 Å². The minimum absolute atomic E-state index is 0.350. The van der Waals surface area contributed by atoms with Gasteiger partial charge in [-0.25, -0.2) is 0 Å². The first kappa shape index (κ1) is 107. The molecule has 1 aliphatic carbocycles. The van der Waals surface area contributed by atoms with E-state index in [2.05, 4.69) is 364 Å². The number of para-hydroxylation sites is 6. The molecule has 0 spiro atoms. The predicted molar refractivity (Wildman–Crippen MR) is 528 cm³/mol. The van der Waals surface area contributed by atoms with E-state index in [4.69, 9.17) is 0 Å². The van der Waals surface area contributed by atoms with Crippen LogP contribution in [0.3, 0.4) is 0 Å². The number of hydrogen-bond acceptors (Lipinski definition) is 4. The minimum Gasteiger partial charge on any atom is -0.358 e. The van der Waals surface area contributed by atoms with Gasteiger partial charge in [-0.15, -0.1) is 18.6 Å². The molecule has 634 valence electrons. The lowest BCUT2D eigenvalue weighted by Crippen LogP contribution is -2.36. The van der Waals surface area contributed by atoms with E-state index in [1.165, 1.54) is 139 Å². The fourth-order valence-electron chi connectivity index (χ4n) is 14.3. The molecule has 3 atom stereocenters. The molecule has 3 aliphatic heterocycles. The van der Waals surface area contributed by atoms with Crippen LogP contribution in [0.5, 0.6) is 0 Å². The van der Waals surface area contributed by atoms with Crippen molar-refractivity contribution in [2.24, 2.45) is 14.1 Å². The van der Waals surface area contributed by atoms with Crippen LogP contribution in [0.25, 0.3) is 60.8 Å². The number of hydrogen-bond donors (Lipinski definition) is 0. The monoisotopic (exact) mass is 1580 g/mol. The van der Waals surface area contributed by atoms with Gasteiger partial charge < -0.3 is 19.6 Å². The highest BCUT2D eigenvalue weighted by atomic mass is 15.4. The number of nitrogens with zero attached hydrogens (tertiary/aromatic N) is 8. The zero-order chi connectivity index (χ0) is 89.2. The minimum atomic E-state index is 0.350. The molecule has 0 radical (unpaired) electrons. The Morgan fingerprint density at radius 1 is 0.291 bits per heavy atom. The highest BCUT2D eigenvalue weighted by Crippen LogP contribution is 2.51. The van der Waals surface area contributed by atoms with Crippen molar-refractivity contribution in [1.82, 2.24) is 14.1 Å². The molecule has 1 unspecified atom stereocenters. The van der Waals surface area contributed by atoms with Crippen LogP contribution in [0.2, 0.25) is 0 Å². The Labute approximate surface area is 716 Å². The van der Waals surface area contributed by atoms with Crippen molar-refractivity contribution < 1.29 is 9.36 Å². The van der Waals surface area contributed by atoms with Crippen molar-refractivity contribution in [3.05, 3.63) is 317 Å². The quantitative estimate of drug-likeness (QED) is 0.130. The summed E-state index contributed by atoms with van der Waals surface area (Å²) in [5.74, 6) is 0.374. The first-order chi connectivity index (χ1) is 57.2. The molecule has 8 nitrogen and oxygen atoms in total. The van der Waals surface area contributed by atoms with Gasteiger partial charge in [-0.1, -0.05) is 380 Å². The number of fused-ring (bicyclic) bond motifs is 16. The Balaban J connectivity index is 0.00000135. The third-order valence-electron chi connectivity index (χ3n) is 19.2. The Morgan fingerprint density at radius 2 is 0.701 bits per heavy atom. The van der Waals surface area contributed by atoms with Crippen LogP contribution >= 0.6 is 0 Å². The van der Waals surface area contributed by atoms with E-state index >= 15 is 0 Å². The van der Waals surface area contributed by atoms with Crippen LogP contribution in [0.1, 0.15) is 255 Å². The molecule has 0 fully saturated rings. The van der Waals surface area contributed by atoms with Crippen molar-refractivity contribution in [2.45, 2.75) is 254 Å². The topological polar surface area (TPSA) is 30.1 Å². The smallest absolute Gasteiger partial charge is 0.196 e. The SMILES string of the molecule is CC.CC.CC.CC.CC.CC.CC.CC.CC.CC.CC.CC.CC.Cc1cccc2c1N1C(=CN(C)[C@@H]1C)c1ccccc1-2.Cc1cccc2c3ccccc3c3cc[n+](C)n3c12.Cc1ccccc1-n1ccc[n+]1C.Cc1ccccc1C1c2ccccc2-c2cccc(C)c21.Cc1ccccc1N1c2ccccc2N(C)[C@@H]1C. The molecule has 6 heterocycles. The van der Waals surface area contributed by atoms with Crippen LogP contribution < -0.4 is 24.1 Å². The van der Waals surface area contributed by atoms with Crippen molar-refractivity contribution in [3.8, 4) is 27.9 Å². The van der Waals surface area contributed by atoms with Gasteiger partial charge in [-0.2, -0.15) is 0 Å². The van der Waals surface area contributed by atoms with Gasteiger partial charge in [0, 0.05) is 65.9 Å². The molecular weight excluding hydrogens is 1420 g/mol. The normalized spacial score (nSPS) is 12.6. The number of anilines is 4. The van der Waals surface area contributed by atoms with Gasteiger partial charge in [-0.3, -0.25) is 0 Å². The Kier molecular flexibility index (Phi) is 53.2. The van der Waals surface area contributed by atoms with E-state index in [1.807, 2.05) is 199 Å². The molecule has 17 rings (SSSR count). The number of aromatic nitrogens is 4. The van der Waals surface area contributed by atoms with Crippen LogP contribution in [0.15, 0.2) is 261 Å². The van der Waals surface area contributed by atoms with Gasteiger partial charge in [0.05, 0.1) is 29.0 Å². The average molecular weight is 1580 g/mol. The standard InChI is InChI=1S/C21H18.C18H18N2.C17H15N2.C16H18N2.C11H13N2.13C2H6/c1-14-8-3-4-10-16(14)21-19-12-6-5-11-17(19)18-13-7-9-15(2)20(18)21;1-12-7-6-10-16-14-8-4-5-9-15(14)17-11-19(3)13(2)20(17)18(12)16;1-12-6-5-9-15-13-7-3-4-8-14(13)16-10-11-18(2)19(16)17(12)15;1-12-8-4-5-9-14(12)18-13(2)17(3)15-10-6-7-11-16(15)18;1-10-6-3-4-7-11(10)13-9-5-8-12(13)2;13*1-2/h3-13,21H,1-2H3;4-11,13H,1-3H3;3-11H,1-2H3;4-11,13H,1-3H3;3-9H,1-2H3;13*1-2H3/q;;+1;;+1;;;;;;;;;;;;;/t;13-;;13-;;;;;;;;;;;;;;/m.0.0............../s1. The third-order valence-corrected chi connectivity index (χ3v) is 19.2. The summed E-state index contributed by atoms with van der Waals surface area (Å²) in [4.78, 5) is 9.48. The molecule has 0 saturated carbocycles. The highest BCUT2D eigenvalue weighted by Gasteiger charge is 2.37. The fraction of sp³-hybridized carbons (Fsp3) is 0.376. The van der Waals surface area contributed by atoms with Gasteiger partial charge in [0.1, 0.15) is 29.1 Å². The largest absolute Gasteiger partial charge is 0.358 e. The van der Waals surface area contributed by atoms with Crippen molar-refractivity contribution in [1.29, 1.82) is 0 Å². The fourth-order valence-corrected chi connectivity index (χ4v) is 14.3. The summed E-state index contributed by atoms with van der Waals surface area (Å²) in [5.41, 5.74) is 29.5. The zero-order valence-electron chi connectivity index (χ0n) is 80.6. The number of rotatable bonds is 3. The summed E-state index contributed by atoms with van der Waals surface area (Å²) in [6, 6.07) is 84.5. The molecule has 117 heavy (non-hydrogen) atoms. The van der Waals surface area contributed by atoms with E-state index in [0.717, 1.165) is 0 Å². The zero-order valence-corrected chi connectivity index (χ0v) is 80.6. The molecule has 13 aromatic rings. The second-order valence-corrected chi connectivity index (χ2v) is 24.8. The lowest BCUT2D eigenvalue weighted by molar-refractivity contribution is -0.744. The maximum absolute atomic E-state index is 2.47. The third kappa shape index (κ3) is 25.3. The maximum atomic E-state index is 2.47. The lowest BCUT2D eigenvalue weighted by atomic mass is 9.85. The second kappa shape index (κ2) is 58.4. The van der Waals surface area contributed by atoms with Gasteiger partial charge in [0.25, 0.3) is 0 Å². The molecule has 10 aromatic carbocycles. The van der Waals surface area contributed by atoms with Crippen LogP contribution in [-0.2, 0) is 14.1 Å². The number of benzene rings is 10. The van der Waals surface area contributed by atoms with Gasteiger partial charge in [0.15, 0.2) is 26.5 Å². The lowest BCUT2D eigenvalue weighted by Gasteiger charge is -2.36. The van der Waals surface area contributed by atoms with E-state index in [-0.39, 0.29) is 0 Å². The molecule has 4 aliphatic rings. The number of aryl methyl sites for hydroxylation is 8. The van der Waals surface area contributed by atoms with Gasteiger partial charge in [-0.05, 0) is 152 Å². The summed E-state index contributed by atoms with van der Waals surface area (Å²) in [5, 5.41) is 3.95. The van der Waals surface area contributed by atoms with Crippen LogP contribution in [-0.4, -0.2) is 40.5 Å². The molecule has 8 heteroatoms. The van der Waals surface area contributed by atoms with E-state index in [0.29, 0.717) is 18.2 Å². The summed E-state index contributed by atoms with van der Waals surface area (Å²) in [6.07, 6.45) is 9.18. The van der Waals surface area contributed by atoms with E-state index < -0.39 is 0 Å². The van der Waals surface area contributed by atoms with E-state index in [1.54, 1.807) is 0 Å². The Hall–Kier alpha value is -10.4. The molecule has 0 saturated heterocycles. The van der Waals surface area contributed by atoms with Crippen molar-refractivity contribution >= 4 is 55.6 Å². The maximum Gasteiger partial charge on any atom is 0.196 e. The summed E-state index contributed by atoms with van der Waals surface area (Å²) < 4.78 is 8.63. The van der Waals surface area contributed by atoms with Gasteiger partial charge in [0.2, 0.25) is 0 Å². The molecule has 0 bridgehead atoms. The molecule has 0 amide bonds. The summed E-state index contributed by atoms with van der Waals surface area (Å²) >= 11 is 0. The second-order valence-electron chi connectivity index (χ2n) is 24.8. The average Bonchev–Trinajstić information content (AvgIpc) is 1.68. The summed E-state index contributed by atoms with van der Waals surface area (Å²) in [7, 11) is 8.43. The van der Waals surface area contributed by atoms with Crippen molar-refractivity contribution in [3.63, 3.8) is 0 Å². The highest BCUT2D eigenvalue weighted by molar-refractivity contribution is 6.12. The molecule has 0 N–H and O–H groups in total. The molecule has 3 aromatic heterocycles. The van der Waals surface area contributed by atoms with Crippen LogP contribution in [0.4, 0.5) is 22.7 Å².